The van der Waals surface area contributed by atoms with Crippen molar-refractivity contribution in [1.82, 2.24) is 5.32 Å². The van der Waals surface area contributed by atoms with Crippen LogP contribution in [0.3, 0.4) is 0 Å². The molecule has 19 heavy (non-hydrogen) atoms. The molecule has 0 radical (unpaired) electrons. The molecule has 0 aromatic heterocycles. The maximum absolute atomic E-state index is 11.7. The molecule has 2 amide bonds. The summed E-state index contributed by atoms with van der Waals surface area (Å²) in [6.07, 6.45) is 0.888. The first-order valence-corrected chi connectivity index (χ1v) is 6.01. The fourth-order valence-electron chi connectivity index (χ4n) is 1.63. The Morgan fingerprint density at radius 2 is 2.11 bits per heavy atom. The lowest BCUT2D eigenvalue weighted by atomic mass is 10.3. The van der Waals surface area contributed by atoms with Gasteiger partial charge in [-0.05, 0) is 25.0 Å². The van der Waals surface area contributed by atoms with Gasteiger partial charge >= 0.3 is 12.0 Å². The first kappa shape index (κ1) is 13.5. The molecule has 0 saturated heterocycles. The number of methoxy groups -OCH3 is 1. The molecular formula is C12H13ClN2O4. The van der Waals surface area contributed by atoms with Crippen molar-refractivity contribution in [2.45, 2.75) is 18.4 Å². The number of rotatable bonds is 4. The lowest BCUT2D eigenvalue weighted by Gasteiger charge is -2.14. The van der Waals surface area contributed by atoms with Crippen molar-refractivity contribution in [3.8, 4) is 5.75 Å². The number of halogens is 1. The van der Waals surface area contributed by atoms with Gasteiger partial charge in [0.25, 0.3) is 0 Å². The number of anilines is 1. The Balaban J connectivity index is 2.01. The van der Waals surface area contributed by atoms with E-state index in [-0.39, 0.29) is 0 Å². The number of aliphatic carboxylic acids is 1. The number of carbonyl (C=O) groups is 2. The Morgan fingerprint density at radius 1 is 1.42 bits per heavy atom. The van der Waals surface area contributed by atoms with Gasteiger partial charge in [-0.3, -0.25) is 0 Å². The molecule has 0 spiro atoms. The molecule has 1 aromatic rings. The summed E-state index contributed by atoms with van der Waals surface area (Å²) >= 11 is 5.86. The summed E-state index contributed by atoms with van der Waals surface area (Å²) in [6, 6.07) is 4.18. The smallest absolute Gasteiger partial charge is 0.329 e. The van der Waals surface area contributed by atoms with Crippen LogP contribution >= 0.6 is 11.6 Å². The second kappa shape index (κ2) is 4.97. The van der Waals surface area contributed by atoms with E-state index in [9.17, 15) is 9.59 Å². The van der Waals surface area contributed by atoms with E-state index >= 15 is 0 Å². The molecule has 1 aliphatic carbocycles. The predicted octanol–water partition coefficient (Wildman–Crippen LogP) is 2.09. The number of carboxylic acid groups (broad SMARTS) is 1. The van der Waals surface area contributed by atoms with E-state index in [1.54, 1.807) is 18.2 Å². The van der Waals surface area contributed by atoms with Crippen LogP contribution in [0.15, 0.2) is 18.2 Å². The molecule has 0 heterocycles. The first-order chi connectivity index (χ1) is 8.97. The number of amides is 2. The van der Waals surface area contributed by atoms with Gasteiger partial charge in [0.2, 0.25) is 0 Å². The molecule has 0 unspecified atom stereocenters. The predicted molar refractivity (Wildman–Crippen MR) is 69.8 cm³/mol. The van der Waals surface area contributed by atoms with Crippen LogP contribution < -0.4 is 15.4 Å². The number of hydrogen-bond donors (Lipinski definition) is 3. The van der Waals surface area contributed by atoms with Gasteiger partial charge in [-0.1, -0.05) is 11.6 Å². The van der Waals surface area contributed by atoms with Crippen LogP contribution in [0.4, 0.5) is 10.5 Å². The van der Waals surface area contributed by atoms with Gasteiger partial charge in [-0.15, -0.1) is 0 Å². The fourth-order valence-corrected chi connectivity index (χ4v) is 1.83. The Bertz CT molecular complexity index is 528. The van der Waals surface area contributed by atoms with Gasteiger partial charge in [0.05, 0.1) is 12.1 Å². The Hall–Kier alpha value is -1.95. The fraction of sp³-hybridized carbons (Fsp3) is 0.333. The topological polar surface area (TPSA) is 87.7 Å². The zero-order chi connectivity index (χ0) is 14.0. The van der Waals surface area contributed by atoms with Gasteiger partial charge in [0.15, 0.2) is 0 Å². The van der Waals surface area contributed by atoms with Crippen molar-refractivity contribution in [1.29, 1.82) is 0 Å². The molecule has 3 N–H and O–H groups in total. The first-order valence-electron chi connectivity index (χ1n) is 5.63. The van der Waals surface area contributed by atoms with E-state index in [0.717, 1.165) is 0 Å². The highest BCUT2D eigenvalue weighted by atomic mass is 35.5. The average molecular weight is 285 g/mol. The molecule has 0 atom stereocenters. The van der Waals surface area contributed by atoms with Crippen LogP contribution in [0.2, 0.25) is 5.02 Å². The molecule has 0 aliphatic heterocycles. The van der Waals surface area contributed by atoms with Crippen molar-refractivity contribution in [3.05, 3.63) is 23.2 Å². The van der Waals surface area contributed by atoms with E-state index in [1.165, 1.54) is 7.11 Å². The largest absolute Gasteiger partial charge is 0.495 e. The van der Waals surface area contributed by atoms with Crippen molar-refractivity contribution >= 4 is 29.3 Å². The van der Waals surface area contributed by atoms with Crippen LogP contribution in [0.1, 0.15) is 12.8 Å². The van der Waals surface area contributed by atoms with Crippen molar-refractivity contribution in [2.24, 2.45) is 0 Å². The number of benzene rings is 1. The molecule has 1 aromatic carbocycles. The second-order valence-electron chi connectivity index (χ2n) is 4.32. The van der Waals surface area contributed by atoms with Gasteiger partial charge in [-0.2, -0.15) is 0 Å². The van der Waals surface area contributed by atoms with E-state index in [0.29, 0.717) is 29.3 Å². The quantitative estimate of drug-likeness (QED) is 0.790. The normalized spacial score (nSPS) is 15.5. The van der Waals surface area contributed by atoms with E-state index < -0.39 is 17.5 Å². The third-order valence-corrected chi connectivity index (χ3v) is 3.23. The summed E-state index contributed by atoms with van der Waals surface area (Å²) in [4.78, 5) is 22.6. The van der Waals surface area contributed by atoms with E-state index in [2.05, 4.69) is 10.6 Å². The third kappa shape index (κ3) is 2.90. The molecular weight excluding hydrogens is 272 g/mol. The maximum atomic E-state index is 11.7. The molecule has 6 nitrogen and oxygen atoms in total. The summed E-state index contributed by atoms with van der Waals surface area (Å²) in [6.45, 7) is 0. The van der Waals surface area contributed by atoms with Crippen LogP contribution in [0, 0.1) is 0 Å². The van der Waals surface area contributed by atoms with Gasteiger partial charge in [0.1, 0.15) is 11.3 Å². The van der Waals surface area contributed by atoms with Crippen molar-refractivity contribution in [2.75, 3.05) is 12.4 Å². The van der Waals surface area contributed by atoms with Gasteiger partial charge in [-0.25, -0.2) is 9.59 Å². The summed E-state index contributed by atoms with van der Waals surface area (Å²) in [5, 5.41) is 14.4. The van der Waals surface area contributed by atoms with Gasteiger partial charge in [0, 0.05) is 11.8 Å². The number of nitrogens with one attached hydrogen (secondary N) is 2. The molecule has 2 rings (SSSR count). The minimum absolute atomic E-state index is 0.428. The number of ether oxygens (including phenoxy) is 1. The molecule has 0 bridgehead atoms. The van der Waals surface area contributed by atoms with Crippen molar-refractivity contribution < 1.29 is 19.4 Å². The highest BCUT2D eigenvalue weighted by Crippen LogP contribution is 2.35. The lowest BCUT2D eigenvalue weighted by Crippen LogP contribution is -2.45. The van der Waals surface area contributed by atoms with Crippen LogP contribution in [-0.2, 0) is 4.79 Å². The third-order valence-electron chi connectivity index (χ3n) is 2.92. The summed E-state index contributed by atoms with van der Waals surface area (Å²) in [5.74, 6) is -0.588. The number of urea groups is 1. The number of carboxylic acids is 1. The molecule has 1 saturated carbocycles. The highest BCUT2D eigenvalue weighted by Gasteiger charge is 2.51. The van der Waals surface area contributed by atoms with E-state index in [4.69, 9.17) is 21.4 Å². The Kier molecular flexibility index (Phi) is 3.53. The molecule has 1 aliphatic rings. The van der Waals surface area contributed by atoms with E-state index in [1.807, 2.05) is 0 Å². The highest BCUT2D eigenvalue weighted by molar-refractivity contribution is 6.32. The molecule has 1 fully saturated rings. The van der Waals surface area contributed by atoms with Gasteiger partial charge < -0.3 is 20.5 Å². The molecule has 102 valence electrons. The Morgan fingerprint density at radius 3 is 2.63 bits per heavy atom. The second-order valence-corrected chi connectivity index (χ2v) is 4.72. The summed E-state index contributed by atoms with van der Waals surface area (Å²) < 4.78 is 5.02. The standard InChI is InChI=1S/C12H13ClN2O4/c1-19-9-6-7(2-3-8(9)13)14-11(18)15-12(4-5-12)10(16)17/h2-3,6H,4-5H2,1H3,(H,16,17)(H2,14,15,18). The average Bonchev–Trinajstić information content (AvgIpc) is 3.12. The monoisotopic (exact) mass is 284 g/mol. The molecule has 7 heteroatoms. The van der Waals surface area contributed by atoms with Crippen molar-refractivity contribution in [3.63, 3.8) is 0 Å². The van der Waals surface area contributed by atoms with Crippen LogP contribution in [0.5, 0.6) is 5.75 Å². The number of carbonyl (C=O) groups excluding carboxylic acids is 1. The van der Waals surface area contributed by atoms with Crippen LogP contribution in [-0.4, -0.2) is 29.8 Å². The summed E-state index contributed by atoms with van der Waals surface area (Å²) in [7, 11) is 1.47. The lowest BCUT2D eigenvalue weighted by molar-refractivity contribution is -0.140. The zero-order valence-electron chi connectivity index (χ0n) is 10.2. The minimum atomic E-state index is -1.11. The minimum Gasteiger partial charge on any atom is -0.495 e. The maximum Gasteiger partial charge on any atom is 0.329 e. The van der Waals surface area contributed by atoms with Crippen LogP contribution in [0.25, 0.3) is 0 Å². The SMILES string of the molecule is COc1cc(NC(=O)NC2(C(=O)O)CC2)ccc1Cl. The summed E-state index contributed by atoms with van der Waals surface area (Å²) in [5.41, 5.74) is -0.638. The Labute approximate surface area is 114 Å². The zero-order valence-corrected chi connectivity index (χ0v) is 11.0. The number of hydrogen-bond acceptors (Lipinski definition) is 3.